The molecule has 4 heteroatoms. The Labute approximate surface area is 169 Å². The number of rotatable bonds is 5. The van der Waals surface area contributed by atoms with Gasteiger partial charge >= 0.3 is 0 Å². The van der Waals surface area contributed by atoms with Crippen LogP contribution in [0.4, 0.5) is 0 Å². The molecule has 0 bridgehead atoms. The maximum Gasteiger partial charge on any atom is 0.126 e. The van der Waals surface area contributed by atoms with Gasteiger partial charge in [-0.1, -0.05) is 24.3 Å². The van der Waals surface area contributed by atoms with Gasteiger partial charge in [0.15, 0.2) is 0 Å². The average Bonchev–Trinajstić information content (AvgIpc) is 3.10. The highest BCUT2D eigenvalue weighted by Crippen LogP contribution is 2.40. The lowest BCUT2D eigenvalue weighted by molar-refractivity contribution is 0.105. The molecule has 2 aliphatic heterocycles. The first-order valence-corrected chi connectivity index (χ1v) is 10.3. The van der Waals surface area contributed by atoms with E-state index in [9.17, 15) is 0 Å². The maximum absolute atomic E-state index is 5.54. The molecule has 2 saturated heterocycles. The highest BCUT2D eigenvalue weighted by atomic mass is 16.5. The molecule has 1 spiro atoms. The summed E-state index contributed by atoms with van der Waals surface area (Å²) in [6.45, 7) is 6.05. The number of hydrogen-bond acceptors (Lipinski definition) is 4. The predicted molar refractivity (Wildman–Crippen MR) is 114 cm³/mol. The van der Waals surface area contributed by atoms with Gasteiger partial charge in [0, 0.05) is 18.7 Å². The molecule has 0 amide bonds. The molecule has 0 unspecified atom stereocenters. The molecule has 0 N–H and O–H groups in total. The fourth-order valence-electron chi connectivity index (χ4n) is 4.84. The van der Waals surface area contributed by atoms with Crippen molar-refractivity contribution >= 4 is 0 Å². The van der Waals surface area contributed by atoms with Gasteiger partial charge in [-0.2, -0.15) is 0 Å². The van der Waals surface area contributed by atoms with Crippen LogP contribution in [0.2, 0.25) is 0 Å². The molecule has 0 atom stereocenters. The van der Waals surface area contributed by atoms with Gasteiger partial charge in [0.25, 0.3) is 0 Å². The Morgan fingerprint density at radius 2 is 1.61 bits per heavy atom. The molecule has 4 nitrogen and oxygen atoms in total. The van der Waals surface area contributed by atoms with Gasteiger partial charge in [-0.15, -0.1) is 0 Å². The number of ether oxygens (including phenoxy) is 2. The molecule has 28 heavy (non-hydrogen) atoms. The quantitative estimate of drug-likeness (QED) is 0.773. The molecule has 2 aliphatic rings. The van der Waals surface area contributed by atoms with Gasteiger partial charge in [-0.05, 0) is 80.7 Å². The maximum atomic E-state index is 5.54. The van der Waals surface area contributed by atoms with Crippen molar-refractivity contribution in [1.82, 2.24) is 9.80 Å². The zero-order chi connectivity index (χ0) is 19.6. The van der Waals surface area contributed by atoms with Crippen molar-refractivity contribution in [3.63, 3.8) is 0 Å². The number of piperidine rings is 1. The van der Waals surface area contributed by atoms with Crippen molar-refractivity contribution < 1.29 is 9.47 Å². The van der Waals surface area contributed by atoms with E-state index in [1.165, 1.54) is 51.0 Å². The van der Waals surface area contributed by atoms with Gasteiger partial charge < -0.3 is 14.4 Å². The van der Waals surface area contributed by atoms with Crippen molar-refractivity contribution in [1.29, 1.82) is 0 Å². The summed E-state index contributed by atoms with van der Waals surface area (Å²) in [5.41, 5.74) is 4.20. The lowest BCUT2D eigenvalue weighted by atomic mass is 9.78. The third-order valence-corrected chi connectivity index (χ3v) is 6.62. The second kappa shape index (κ2) is 8.14. The Kier molecular flexibility index (Phi) is 5.61. The lowest BCUT2D eigenvalue weighted by Crippen LogP contribution is -2.40. The topological polar surface area (TPSA) is 24.9 Å². The molecular weight excluding hydrogens is 348 g/mol. The van der Waals surface area contributed by atoms with E-state index >= 15 is 0 Å². The van der Waals surface area contributed by atoms with E-state index in [2.05, 4.69) is 41.1 Å². The number of hydrogen-bond donors (Lipinski definition) is 0. The Hall–Kier alpha value is -2.04. The molecule has 0 radical (unpaired) electrons. The zero-order valence-corrected chi connectivity index (χ0v) is 17.4. The minimum atomic E-state index is 0.595. The van der Waals surface area contributed by atoms with Crippen LogP contribution in [0.25, 0.3) is 11.1 Å². The van der Waals surface area contributed by atoms with Gasteiger partial charge in [0.05, 0.1) is 14.2 Å². The highest BCUT2D eigenvalue weighted by molar-refractivity contribution is 5.72. The number of nitrogens with zero attached hydrogens (tertiary/aromatic N) is 2. The molecular formula is C24H32N2O2. The summed E-state index contributed by atoms with van der Waals surface area (Å²) < 4.78 is 10.9. The number of likely N-dealkylation sites (tertiary alicyclic amines) is 2. The van der Waals surface area contributed by atoms with Crippen LogP contribution in [0.1, 0.15) is 24.8 Å². The van der Waals surface area contributed by atoms with Crippen LogP contribution >= 0.6 is 0 Å². The normalized spacial score (nSPS) is 19.8. The molecule has 2 fully saturated rings. The minimum absolute atomic E-state index is 0.595. The van der Waals surface area contributed by atoms with Crippen LogP contribution in [-0.2, 0) is 6.54 Å². The third kappa shape index (κ3) is 4.03. The van der Waals surface area contributed by atoms with Crippen LogP contribution in [0.15, 0.2) is 42.5 Å². The van der Waals surface area contributed by atoms with Crippen LogP contribution in [0.3, 0.4) is 0 Å². The second-order valence-electron chi connectivity index (χ2n) is 8.53. The lowest BCUT2D eigenvalue weighted by Gasteiger charge is -2.39. The van der Waals surface area contributed by atoms with E-state index < -0.39 is 0 Å². The van der Waals surface area contributed by atoms with Crippen molar-refractivity contribution in [3.05, 3.63) is 48.0 Å². The summed E-state index contributed by atoms with van der Waals surface area (Å²) in [5, 5.41) is 0. The first kappa shape index (κ1) is 19.3. The summed E-state index contributed by atoms with van der Waals surface area (Å²) in [6.07, 6.45) is 4.07. The van der Waals surface area contributed by atoms with Gasteiger partial charge in [0.1, 0.15) is 11.5 Å². The van der Waals surface area contributed by atoms with E-state index in [0.29, 0.717) is 5.41 Å². The summed E-state index contributed by atoms with van der Waals surface area (Å²) >= 11 is 0. The first-order chi connectivity index (χ1) is 13.6. The van der Waals surface area contributed by atoms with Crippen molar-refractivity contribution in [3.8, 4) is 22.6 Å². The Balaban J connectivity index is 1.41. The fourth-order valence-corrected chi connectivity index (χ4v) is 4.84. The molecule has 0 aromatic heterocycles. The average molecular weight is 381 g/mol. The fraction of sp³-hybridized carbons (Fsp3) is 0.500. The zero-order valence-electron chi connectivity index (χ0n) is 17.4. The van der Waals surface area contributed by atoms with Crippen molar-refractivity contribution in [2.45, 2.75) is 25.8 Å². The molecule has 4 rings (SSSR count). The van der Waals surface area contributed by atoms with Gasteiger partial charge in [-0.25, -0.2) is 0 Å². The van der Waals surface area contributed by atoms with E-state index in [-0.39, 0.29) is 0 Å². The number of benzene rings is 2. The number of methoxy groups -OCH3 is 2. The minimum Gasteiger partial charge on any atom is -0.497 e. The van der Waals surface area contributed by atoms with Crippen LogP contribution in [-0.4, -0.2) is 57.2 Å². The Bertz CT molecular complexity index is 795. The molecule has 2 aromatic rings. The largest absolute Gasteiger partial charge is 0.497 e. The first-order valence-electron chi connectivity index (χ1n) is 10.3. The van der Waals surface area contributed by atoms with Gasteiger partial charge in [-0.3, -0.25) is 4.90 Å². The molecule has 2 aromatic carbocycles. The van der Waals surface area contributed by atoms with Crippen molar-refractivity contribution in [2.24, 2.45) is 5.41 Å². The molecule has 150 valence electrons. The molecule has 2 heterocycles. The van der Waals surface area contributed by atoms with E-state index in [1.807, 2.05) is 18.2 Å². The summed E-state index contributed by atoms with van der Waals surface area (Å²) in [7, 11) is 5.67. The van der Waals surface area contributed by atoms with Crippen molar-refractivity contribution in [2.75, 3.05) is 47.4 Å². The predicted octanol–water partition coefficient (Wildman–Crippen LogP) is 4.29. The summed E-state index contributed by atoms with van der Waals surface area (Å²) in [4.78, 5) is 5.12. The van der Waals surface area contributed by atoms with Crippen LogP contribution in [0.5, 0.6) is 11.5 Å². The smallest absolute Gasteiger partial charge is 0.126 e. The summed E-state index contributed by atoms with van der Waals surface area (Å²) in [6, 6.07) is 14.8. The second-order valence-corrected chi connectivity index (χ2v) is 8.53. The Morgan fingerprint density at radius 3 is 2.21 bits per heavy atom. The van der Waals surface area contributed by atoms with Gasteiger partial charge in [0.2, 0.25) is 0 Å². The molecule has 0 saturated carbocycles. The molecule has 0 aliphatic carbocycles. The van der Waals surface area contributed by atoms with Crippen LogP contribution in [0, 0.1) is 5.41 Å². The van der Waals surface area contributed by atoms with E-state index in [4.69, 9.17) is 9.47 Å². The van der Waals surface area contributed by atoms with Crippen LogP contribution < -0.4 is 9.47 Å². The van der Waals surface area contributed by atoms with E-state index in [0.717, 1.165) is 29.2 Å². The Morgan fingerprint density at radius 1 is 0.893 bits per heavy atom. The highest BCUT2D eigenvalue weighted by Gasteiger charge is 2.39. The summed E-state index contributed by atoms with van der Waals surface area (Å²) in [5.74, 6) is 1.72. The SMILES string of the molecule is COc1ccc(OC)c(-c2ccc(CN3CCC4(CCN(C)C4)CC3)cc2)c1. The standard InChI is InChI=1S/C24H32N2O2/c1-25-13-10-24(18-25)11-14-26(15-12-24)17-19-4-6-20(7-5-19)22-16-21(27-2)8-9-23(22)28-3/h4-9,16H,10-15,17-18H2,1-3H3. The van der Waals surface area contributed by atoms with E-state index in [1.54, 1.807) is 14.2 Å². The monoisotopic (exact) mass is 380 g/mol. The third-order valence-electron chi connectivity index (χ3n) is 6.62.